The van der Waals surface area contributed by atoms with Crippen LogP contribution < -0.4 is 20.7 Å². The predicted molar refractivity (Wildman–Crippen MR) is 122 cm³/mol. The van der Waals surface area contributed by atoms with E-state index in [-0.39, 0.29) is 11.9 Å². The minimum absolute atomic E-state index is 0.0745. The molecule has 0 aliphatic heterocycles. The van der Waals surface area contributed by atoms with Crippen LogP contribution in [0.3, 0.4) is 0 Å². The van der Waals surface area contributed by atoms with Gasteiger partial charge in [0, 0.05) is 32.7 Å². The Kier molecular flexibility index (Phi) is 9.15. The molecule has 2 rings (SSSR count). The van der Waals surface area contributed by atoms with Crippen LogP contribution in [0, 0.1) is 0 Å². The van der Waals surface area contributed by atoms with E-state index in [9.17, 15) is 4.79 Å². The molecule has 162 valence electrons. The van der Waals surface area contributed by atoms with Crippen molar-refractivity contribution in [3.05, 3.63) is 65.2 Å². The topological polar surface area (TPSA) is 78.0 Å². The van der Waals surface area contributed by atoms with Crippen LogP contribution in [0.4, 0.5) is 0 Å². The number of likely N-dealkylation sites (N-methyl/N-ethyl adjacent to an activating group) is 1. The molecule has 1 amide bonds. The smallest absolute Gasteiger partial charge is 0.251 e. The molecule has 7 nitrogen and oxygen atoms in total. The number of nitrogens with one attached hydrogen (secondary N) is 3. The fourth-order valence-corrected chi connectivity index (χ4v) is 3.20. The van der Waals surface area contributed by atoms with Crippen LogP contribution in [-0.2, 0) is 6.42 Å². The second-order valence-electron chi connectivity index (χ2n) is 7.17. The monoisotopic (exact) mass is 411 g/mol. The summed E-state index contributed by atoms with van der Waals surface area (Å²) in [5, 5.41) is 9.40. The largest absolute Gasteiger partial charge is 0.497 e. The molecule has 0 aliphatic carbocycles. The van der Waals surface area contributed by atoms with Gasteiger partial charge in [0.2, 0.25) is 0 Å². The predicted octanol–water partition coefficient (Wildman–Crippen LogP) is 2.07. The number of amides is 1. The molecule has 0 heterocycles. The highest BCUT2D eigenvalue weighted by molar-refractivity contribution is 5.94. The van der Waals surface area contributed by atoms with E-state index in [1.165, 1.54) is 5.56 Å². The molecule has 30 heavy (non-hydrogen) atoms. The summed E-state index contributed by atoms with van der Waals surface area (Å²) in [6, 6.07) is 15.9. The quantitative estimate of drug-likeness (QED) is 0.435. The van der Waals surface area contributed by atoms with E-state index in [4.69, 9.17) is 4.74 Å². The first-order chi connectivity index (χ1) is 14.5. The number of hydrogen-bond donors (Lipinski definition) is 3. The Morgan fingerprint density at radius 3 is 2.57 bits per heavy atom. The van der Waals surface area contributed by atoms with Crippen LogP contribution in [0.15, 0.2) is 53.5 Å². The lowest BCUT2D eigenvalue weighted by Gasteiger charge is -2.26. The first-order valence-electron chi connectivity index (χ1n) is 10.0. The number of benzene rings is 2. The van der Waals surface area contributed by atoms with Crippen molar-refractivity contribution in [1.29, 1.82) is 0 Å². The van der Waals surface area contributed by atoms with Crippen LogP contribution >= 0.6 is 0 Å². The summed E-state index contributed by atoms with van der Waals surface area (Å²) in [7, 11) is 9.19. The Balaban J connectivity index is 1.91. The van der Waals surface area contributed by atoms with E-state index in [2.05, 4.69) is 52.1 Å². The third-order valence-corrected chi connectivity index (χ3v) is 4.91. The highest BCUT2D eigenvalue weighted by Gasteiger charge is 2.15. The number of hydrogen-bond acceptors (Lipinski definition) is 4. The molecule has 0 saturated carbocycles. The lowest BCUT2D eigenvalue weighted by atomic mass is 10.1. The molecule has 0 fully saturated rings. The van der Waals surface area contributed by atoms with Crippen LogP contribution in [-0.4, -0.2) is 65.2 Å². The van der Waals surface area contributed by atoms with Crippen LogP contribution in [0.2, 0.25) is 0 Å². The molecule has 0 radical (unpaired) electrons. The fourth-order valence-electron chi connectivity index (χ4n) is 3.20. The summed E-state index contributed by atoms with van der Waals surface area (Å²) < 4.78 is 5.36. The Morgan fingerprint density at radius 2 is 1.90 bits per heavy atom. The second kappa shape index (κ2) is 11.8. The normalized spacial score (nSPS) is 12.4. The van der Waals surface area contributed by atoms with Gasteiger partial charge in [-0.3, -0.25) is 9.79 Å². The minimum Gasteiger partial charge on any atom is -0.497 e. The number of carbonyl (C=O) groups excluding carboxylic acids is 1. The van der Waals surface area contributed by atoms with Crippen molar-refractivity contribution < 1.29 is 9.53 Å². The molecule has 0 saturated heterocycles. The zero-order valence-electron chi connectivity index (χ0n) is 18.5. The summed E-state index contributed by atoms with van der Waals surface area (Å²) in [4.78, 5) is 18.3. The highest BCUT2D eigenvalue weighted by Crippen LogP contribution is 2.22. The number of ether oxygens (including phenoxy) is 1. The first kappa shape index (κ1) is 23.2. The molecular formula is C23H33N5O2. The van der Waals surface area contributed by atoms with E-state index >= 15 is 0 Å². The van der Waals surface area contributed by atoms with Crippen molar-refractivity contribution in [3.8, 4) is 5.75 Å². The van der Waals surface area contributed by atoms with Gasteiger partial charge < -0.3 is 25.6 Å². The minimum atomic E-state index is -0.0745. The van der Waals surface area contributed by atoms with Gasteiger partial charge >= 0.3 is 0 Å². The van der Waals surface area contributed by atoms with Gasteiger partial charge in [0.15, 0.2) is 5.96 Å². The Labute approximate surface area is 179 Å². The van der Waals surface area contributed by atoms with Crippen molar-refractivity contribution in [2.24, 2.45) is 4.99 Å². The van der Waals surface area contributed by atoms with Gasteiger partial charge in [-0.1, -0.05) is 24.3 Å². The lowest BCUT2D eigenvalue weighted by molar-refractivity contribution is 0.0963. The molecule has 2 aromatic carbocycles. The summed E-state index contributed by atoms with van der Waals surface area (Å²) in [5.74, 6) is 1.52. The van der Waals surface area contributed by atoms with E-state index < -0.39 is 0 Å². The van der Waals surface area contributed by atoms with Crippen molar-refractivity contribution >= 4 is 11.9 Å². The van der Waals surface area contributed by atoms with Gasteiger partial charge in [-0.2, -0.15) is 0 Å². The third-order valence-electron chi connectivity index (χ3n) is 4.91. The zero-order chi connectivity index (χ0) is 21.9. The number of aliphatic imine (C=N–C) groups is 1. The number of guanidine groups is 1. The number of methoxy groups -OCH3 is 1. The van der Waals surface area contributed by atoms with Gasteiger partial charge in [0.05, 0.1) is 13.2 Å². The van der Waals surface area contributed by atoms with Crippen LogP contribution in [0.5, 0.6) is 5.75 Å². The summed E-state index contributed by atoms with van der Waals surface area (Å²) >= 11 is 0. The Morgan fingerprint density at radius 1 is 1.13 bits per heavy atom. The molecule has 3 N–H and O–H groups in total. The maximum Gasteiger partial charge on any atom is 0.251 e. The average Bonchev–Trinajstić information content (AvgIpc) is 2.77. The van der Waals surface area contributed by atoms with Crippen molar-refractivity contribution in [2.45, 2.75) is 12.5 Å². The zero-order valence-corrected chi connectivity index (χ0v) is 18.5. The number of carbonyl (C=O) groups is 1. The maximum atomic E-state index is 11.8. The average molecular weight is 412 g/mol. The van der Waals surface area contributed by atoms with E-state index in [1.807, 2.05) is 36.4 Å². The van der Waals surface area contributed by atoms with E-state index in [0.717, 1.165) is 23.7 Å². The highest BCUT2D eigenvalue weighted by atomic mass is 16.5. The van der Waals surface area contributed by atoms with Crippen molar-refractivity contribution in [2.75, 3.05) is 48.4 Å². The van der Waals surface area contributed by atoms with Gasteiger partial charge in [-0.25, -0.2) is 0 Å². The number of nitrogens with zero attached hydrogens (tertiary/aromatic N) is 2. The standard InChI is InChI=1S/C23H33N5O2/c1-24-22(29)19-10-6-8-17(14-19)12-13-26-23(25-2)27-16-21(28(3)4)18-9-7-11-20(15-18)30-5/h6-11,14-15,21H,12-13,16H2,1-5H3,(H,24,29)(H2,25,26,27). The van der Waals surface area contributed by atoms with Crippen LogP contribution in [0.25, 0.3) is 0 Å². The molecule has 0 aliphatic rings. The SMILES string of the molecule is CN=C(NCCc1cccc(C(=O)NC)c1)NCC(c1cccc(OC)c1)N(C)C. The third kappa shape index (κ3) is 6.77. The molecular weight excluding hydrogens is 378 g/mol. The second-order valence-corrected chi connectivity index (χ2v) is 7.17. The van der Waals surface area contributed by atoms with E-state index in [0.29, 0.717) is 18.7 Å². The summed E-state index contributed by atoms with van der Waals surface area (Å²) in [5.41, 5.74) is 2.94. The Bertz CT molecular complexity index is 851. The first-order valence-corrected chi connectivity index (χ1v) is 10.0. The molecule has 2 aromatic rings. The summed E-state index contributed by atoms with van der Waals surface area (Å²) in [6.45, 7) is 1.41. The molecule has 1 unspecified atom stereocenters. The number of rotatable bonds is 9. The molecule has 0 spiro atoms. The van der Waals surface area contributed by atoms with Crippen LogP contribution in [0.1, 0.15) is 27.5 Å². The summed E-state index contributed by atoms with van der Waals surface area (Å²) in [6.07, 6.45) is 0.790. The molecule has 7 heteroatoms. The van der Waals surface area contributed by atoms with E-state index in [1.54, 1.807) is 21.2 Å². The van der Waals surface area contributed by atoms with Gasteiger partial charge in [0.25, 0.3) is 5.91 Å². The molecule has 0 aromatic heterocycles. The Hall–Kier alpha value is -3.06. The fraction of sp³-hybridized carbons (Fsp3) is 0.391. The van der Waals surface area contributed by atoms with Gasteiger partial charge in [-0.15, -0.1) is 0 Å². The molecule has 1 atom stereocenters. The molecule has 0 bridgehead atoms. The van der Waals surface area contributed by atoms with Crippen molar-refractivity contribution in [1.82, 2.24) is 20.9 Å². The lowest BCUT2D eigenvalue weighted by Crippen LogP contribution is -2.42. The maximum absolute atomic E-state index is 11.8. The van der Waals surface area contributed by atoms with Crippen molar-refractivity contribution in [3.63, 3.8) is 0 Å². The van der Waals surface area contributed by atoms with Gasteiger partial charge in [-0.05, 0) is 55.9 Å². The van der Waals surface area contributed by atoms with Gasteiger partial charge in [0.1, 0.15) is 5.75 Å².